The second-order valence-electron chi connectivity index (χ2n) is 3.88. The van der Waals surface area contributed by atoms with Gasteiger partial charge in [-0.05, 0) is 18.1 Å². The average molecular weight is 285 g/mol. The molecule has 0 radical (unpaired) electrons. The Kier molecular flexibility index (Phi) is 6.92. The number of rotatable bonds is 6. The van der Waals surface area contributed by atoms with Gasteiger partial charge in [0.25, 0.3) is 0 Å². The molecule has 1 aromatic rings. The van der Waals surface area contributed by atoms with Gasteiger partial charge in [-0.1, -0.05) is 29.8 Å². The largest absolute Gasteiger partial charge is 0.385 e. The highest BCUT2D eigenvalue weighted by molar-refractivity contribution is 6.35. The van der Waals surface area contributed by atoms with Crippen LogP contribution < -0.4 is 10.6 Å². The standard InChI is InChI=1S/C13H17ClN2O3/c1-19-8-4-7-15-12(17)13(18)16-9-10-5-2-3-6-11(10)14/h2-3,5-6H,4,7-9H2,1H3,(H,15,17)(H,16,18). The normalized spacial score (nSPS) is 10.0. The molecule has 0 bridgehead atoms. The molecule has 0 atom stereocenters. The van der Waals surface area contributed by atoms with Crippen LogP contribution in [0, 0.1) is 0 Å². The van der Waals surface area contributed by atoms with Crippen LogP contribution >= 0.6 is 11.6 Å². The molecule has 2 N–H and O–H groups in total. The SMILES string of the molecule is COCCCNC(=O)C(=O)NCc1ccccc1Cl. The van der Waals surface area contributed by atoms with Crippen molar-refractivity contribution in [2.75, 3.05) is 20.3 Å². The Bertz CT molecular complexity index is 438. The summed E-state index contributed by atoms with van der Waals surface area (Å²) in [5.74, 6) is -1.32. The van der Waals surface area contributed by atoms with Crippen molar-refractivity contribution in [3.63, 3.8) is 0 Å². The van der Waals surface area contributed by atoms with Crippen LogP contribution in [0.5, 0.6) is 0 Å². The molecule has 0 unspecified atom stereocenters. The van der Waals surface area contributed by atoms with Crippen molar-refractivity contribution in [2.45, 2.75) is 13.0 Å². The molecule has 0 aliphatic rings. The van der Waals surface area contributed by atoms with Crippen LogP contribution in [-0.4, -0.2) is 32.1 Å². The molecule has 0 aliphatic heterocycles. The number of carbonyl (C=O) groups excluding carboxylic acids is 2. The summed E-state index contributed by atoms with van der Waals surface area (Å²) in [4.78, 5) is 22.9. The quantitative estimate of drug-likeness (QED) is 0.607. The summed E-state index contributed by atoms with van der Waals surface area (Å²) in [5, 5.41) is 5.58. The first-order valence-electron chi connectivity index (χ1n) is 5.93. The number of halogens is 1. The number of nitrogens with one attached hydrogen (secondary N) is 2. The Morgan fingerprint density at radius 3 is 2.58 bits per heavy atom. The van der Waals surface area contributed by atoms with E-state index in [0.29, 0.717) is 24.6 Å². The first kappa shape index (κ1) is 15.5. The van der Waals surface area contributed by atoms with E-state index >= 15 is 0 Å². The number of hydrogen-bond donors (Lipinski definition) is 2. The Hall–Kier alpha value is -1.59. The highest BCUT2D eigenvalue weighted by Gasteiger charge is 2.12. The first-order valence-corrected chi connectivity index (χ1v) is 6.31. The molecule has 1 rings (SSSR count). The summed E-state index contributed by atoms with van der Waals surface area (Å²) in [6.45, 7) is 1.18. The molecule has 0 saturated carbocycles. The number of methoxy groups -OCH3 is 1. The zero-order valence-electron chi connectivity index (χ0n) is 10.7. The van der Waals surface area contributed by atoms with Crippen LogP contribution in [0.4, 0.5) is 0 Å². The van der Waals surface area contributed by atoms with Crippen LogP contribution in [-0.2, 0) is 20.9 Å². The molecule has 0 heterocycles. The molecule has 6 heteroatoms. The zero-order valence-corrected chi connectivity index (χ0v) is 11.5. The number of amides is 2. The van der Waals surface area contributed by atoms with Crippen LogP contribution in [0.15, 0.2) is 24.3 Å². The molecular formula is C13H17ClN2O3. The van der Waals surface area contributed by atoms with Crippen molar-refractivity contribution < 1.29 is 14.3 Å². The summed E-state index contributed by atoms with van der Waals surface area (Å²) in [5.41, 5.74) is 0.768. The van der Waals surface area contributed by atoms with E-state index in [-0.39, 0.29) is 6.54 Å². The van der Waals surface area contributed by atoms with E-state index in [2.05, 4.69) is 10.6 Å². The summed E-state index contributed by atoms with van der Waals surface area (Å²) >= 11 is 5.94. The highest BCUT2D eigenvalue weighted by Crippen LogP contribution is 2.13. The topological polar surface area (TPSA) is 67.4 Å². The number of benzene rings is 1. The zero-order chi connectivity index (χ0) is 14.1. The van der Waals surface area contributed by atoms with E-state index in [1.165, 1.54) is 0 Å². The lowest BCUT2D eigenvalue weighted by Gasteiger charge is -2.07. The van der Waals surface area contributed by atoms with E-state index in [4.69, 9.17) is 16.3 Å². The molecule has 104 valence electrons. The molecule has 0 aliphatic carbocycles. The van der Waals surface area contributed by atoms with Gasteiger partial charge in [-0.3, -0.25) is 9.59 Å². The first-order chi connectivity index (χ1) is 9.15. The van der Waals surface area contributed by atoms with E-state index in [1.807, 2.05) is 6.07 Å². The summed E-state index contributed by atoms with van der Waals surface area (Å²) in [6, 6.07) is 7.14. The summed E-state index contributed by atoms with van der Waals surface area (Å²) in [6.07, 6.45) is 0.667. The van der Waals surface area contributed by atoms with Crippen molar-refractivity contribution in [3.05, 3.63) is 34.9 Å². The highest BCUT2D eigenvalue weighted by atomic mass is 35.5. The molecule has 1 aromatic carbocycles. The van der Waals surface area contributed by atoms with Crippen molar-refractivity contribution in [1.82, 2.24) is 10.6 Å². The third-order valence-electron chi connectivity index (χ3n) is 2.41. The fourth-order valence-electron chi connectivity index (χ4n) is 1.40. The van der Waals surface area contributed by atoms with Gasteiger partial charge in [-0.15, -0.1) is 0 Å². The molecule has 0 saturated heterocycles. The molecule has 5 nitrogen and oxygen atoms in total. The van der Waals surface area contributed by atoms with Gasteiger partial charge in [0.15, 0.2) is 0 Å². The lowest BCUT2D eigenvalue weighted by Crippen LogP contribution is -2.40. The molecule has 0 spiro atoms. The predicted octanol–water partition coefficient (Wildman–Crippen LogP) is 1.11. The van der Waals surface area contributed by atoms with Gasteiger partial charge in [0.1, 0.15) is 0 Å². The van der Waals surface area contributed by atoms with Gasteiger partial charge in [0.2, 0.25) is 0 Å². The van der Waals surface area contributed by atoms with Crippen LogP contribution in [0.1, 0.15) is 12.0 Å². The number of carbonyl (C=O) groups is 2. The Morgan fingerprint density at radius 2 is 1.89 bits per heavy atom. The van der Waals surface area contributed by atoms with E-state index in [1.54, 1.807) is 25.3 Å². The van der Waals surface area contributed by atoms with Crippen LogP contribution in [0.2, 0.25) is 5.02 Å². The maximum Gasteiger partial charge on any atom is 0.309 e. The third-order valence-corrected chi connectivity index (χ3v) is 2.78. The van der Waals surface area contributed by atoms with Crippen LogP contribution in [0.25, 0.3) is 0 Å². The molecule has 2 amide bonds. The van der Waals surface area contributed by atoms with Gasteiger partial charge in [0.05, 0.1) is 0 Å². The Labute approximate surface area is 117 Å². The lowest BCUT2D eigenvalue weighted by atomic mass is 10.2. The van der Waals surface area contributed by atoms with Crippen molar-refractivity contribution in [1.29, 1.82) is 0 Å². The van der Waals surface area contributed by atoms with E-state index in [9.17, 15) is 9.59 Å². The lowest BCUT2D eigenvalue weighted by molar-refractivity contribution is -0.139. The second kappa shape index (κ2) is 8.50. The van der Waals surface area contributed by atoms with E-state index in [0.717, 1.165) is 5.56 Å². The summed E-state index contributed by atoms with van der Waals surface area (Å²) < 4.78 is 4.84. The fourth-order valence-corrected chi connectivity index (χ4v) is 1.60. The maximum atomic E-state index is 11.5. The van der Waals surface area contributed by atoms with Gasteiger partial charge in [0, 0.05) is 31.8 Å². The number of ether oxygens (including phenoxy) is 1. The van der Waals surface area contributed by atoms with Gasteiger partial charge < -0.3 is 15.4 Å². The fraction of sp³-hybridized carbons (Fsp3) is 0.385. The minimum absolute atomic E-state index is 0.226. The van der Waals surface area contributed by atoms with Gasteiger partial charge in [-0.2, -0.15) is 0 Å². The molecule has 19 heavy (non-hydrogen) atoms. The van der Waals surface area contributed by atoms with Crippen LogP contribution in [0.3, 0.4) is 0 Å². The third kappa shape index (κ3) is 5.72. The van der Waals surface area contributed by atoms with Gasteiger partial charge in [-0.25, -0.2) is 0 Å². The van der Waals surface area contributed by atoms with Crippen molar-refractivity contribution >= 4 is 23.4 Å². The average Bonchev–Trinajstić information content (AvgIpc) is 2.42. The van der Waals surface area contributed by atoms with Crippen molar-refractivity contribution in [3.8, 4) is 0 Å². The number of hydrogen-bond acceptors (Lipinski definition) is 3. The smallest absolute Gasteiger partial charge is 0.309 e. The molecule has 0 aromatic heterocycles. The molecule has 0 fully saturated rings. The summed E-state index contributed by atoms with van der Waals surface area (Å²) in [7, 11) is 1.58. The minimum Gasteiger partial charge on any atom is -0.385 e. The molecular weight excluding hydrogens is 268 g/mol. The maximum absolute atomic E-state index is 11.5. The monoisotopic (exact) mass is 284 g/mol. The second-order valence-corrected chi connectivity index (χ2v) is 4.28. The minimum atomic E-state index is -0.669. The van der Waals surface area contributed by atoms with Gasteiger partial charge >= 0.3 is 11.8 Å². The predicted molar refractivity (Wildman–Crippen MR) is 72.8 cm³/mol. The Morgan fingerprint density at radius 1 is 1.21 bits per heavy atom. The Balaban J connectivity index is 2.31. The van der Waals surface area contributed by atoms with Crippen molar-refractivity contribution in [2.24, 2.45) is 0 Å². The van der Waals surface area contributed by atoms with E-state index < -0.39 is 11.8 Å².